The lowest BCUT2D eigenvalue weighted by molar-refractivity contribution is 1.18. The Hall–Kier alpha value is -15.0. The minimum atomic E-state index is 1.07. The molecular formula is C103H76N8. The SMILES string of the molecule is c1ccc(-c2ccc(Nc3ccc4c5ccccc5n(-c5cccc6ccccc56)c4c3)cc2)cc1.c1ccc(-c2cccc(Nc3ccc4cnccc4c3)c2)cc1.c1ccc(Nc2ccc3c(c2)c2ccccc2n3-c2ccccc2)cc1.c1ccc(Nc2ccc3c4ccccc4n(-c4ccccc4)c3c2)cc1. The molecule has 0 aliphatic carbocycles. The molecule has 0 radical (unpaired) electrons. The lowest BCUT2D eigenvalue weighted by Gasteiger charge is -2.13. The maximum atomic E-state index is 4.15. The third-order valence-corrected chi connectivity index (χ3v) is 20.4. The number of anilines is 8. The van der Waals surface area contributed by atoms with Gasteiger partial charge in [-0.3, -0.25) is 4.98 Å². The van der Waals surface area contributed by atoms with Gasteiger partial charge in [0.05, 0.1) is 38.8 Å². The van der Waals surface area contributed by atoms with Crippen LogP contribution in [0.3, 0.4) is 0 Å². The van der Waals surface area contributed by atoms with Gasteiger partial charge < -0.3 is 35.0 Å². The van der Waals surface area contributed by atoms with Crippen molar-refractivity contribution >= 4 is 132 Å². The Bertz CT molecular complexity index is 6790. The quantitative estimate of drug-likeness (QED) is 0.0926. The summed E-state index contributed by atoms with van der Waals surface area (Å²) in [5.74, 6) is 0. The van der Waals surface area contributed by atoms with E-state index in [1.165, 1.54) is 121 Å². The molecule has 21 aromatic rings. The summed E-state index contributed by atoms with van der Waals surface area (Å²) in [5, 5.41) is 26.5. The van der Waals surface area contributed by atoms with Gasteiger partial charge in [-0.2, -0.15) is 0 Å². The second kappa shape index (κ2) is 31.2. The monoisotopic (exact) mass is 1420 g/mol. The first-order chi connectivity index (χ1) is 55.0. The predicted molar refractivity (Wildman–Crippen MR) is 471 cm³/mol. The van der Waals surface area contributed by atoms with Gasteiger partial charge in [0.2, 0.25) is 0 Å². The van der Waals surface area contributed by atoms with E-state index in [1.54, 1.807) is 0 Å². The molecule has 528 valence electrons. The second-order valence-electron chi connectivity index (χ2n) is 27.5. The summed E-state index contributed by atoms with van der Waals surface area (Å²) in [7, 11) is 0. The molecule has 8 nitrogen and oxygen atoms in total. The number of para-hydroxylation sites is 7. The molecule has 111 heavy (non-hydrogen) atoms. The average Bonchev–Trinajstić information content (AvgIpc) is 1.60. The van der Waals surface area contributed by atoms with Crippen molar-refractivity contribution in [3.63, 3.8) is 0 Å². The van der Waals surface area contributed by atoms with Crippen molar-refractivity contribution < 1.29 is 0 Å². The van der Waals surface area contributed by atoms with E-state index in [0.29, 0.717) is 0 Å². The molecule has 4 aromatic heterocycles. The van der Waals surface area contributed by atoms with Gasteiger partial charge >= 0.3 is 0 Å². The van der Waals surface area contributed by atoms with Gasteiger partial charge in [-0.15, -0.1) is 0 Å². The Morgan fingerprint density at radius 2 is 0.541 bits per heavy atom. The summed E-state index contributed by atoms with van der Waals surface area (Å²) in [4.78, 5) is 4.15. The molecule has 21 rings (SSSR count). The van der Waals surface area contributed by atoms with Crippen molar-refractivity contribution in [2.75, 3.05) is 21.3 Å². The first-order valence-corrected chi connectivity index (χ1v) is 37.6. The average molecular weight is 1430 g/mol. The van der Waals surface area contributed by atoms with Crippen molar-refractivity contribution in [1.82, 2.24) is 18.7 Å². The largest absolute Gasteiger partial charge is 0.356 e. The van der Waals surface area contributed by atoms with E-state index in [1.807, 2.05) is 67.0 Å². The number of hydrogen-bond acceptors (Lipinski definition) is 5. The number of nitrogens with zero attached hydrogens (tertiary/aromatic N) is 4. The minimum Gasteiger partial charge on any atom is -0.356 e. The molecule has 0 spiro atoms. The maximum absolute atomic E-state index is 4.15. The lowest BCUT2D eigenvalue weighted by atomic mass is 10.1. The van der Waals surface area contributed by atoms with Gasteiger partial charge in [0, 0.05) is 112 Å². The molecule has 0 unspecified atom stereocenters. The number of hydrogen-bond donors (Lipinski definition) is 4. The topological polar surface area (TPSA) is 75.8 Å². The highest BCUT2D eigenvalue weighted by molar-refractivity contribution is 6.13. The number of fused-ring (bicyclic) bond motifs is 11. The summed E-state index contributed by atoms with van der Waals surface area (Å²) < 4.78 is 7.06. The number of pyridine rings is 1. The molecule has 8 heteroatoms. The highest BCUT2D eigenvalue weighted by atomic mass is 15.0. The highest BCUT2D eigenvalue weighted by Crippen LogP contribution is 2.40. The van der Waals surface area contributed by atoms with Crippen molar-refractivity contribution in [2.45, 2.75) is 0 Å². The van der Waals surface area contributed by atoms with Crippen LogP contribution >= 0.6 is 0 Å². The molecule has 0 atom stereocenters. The zero-order chi connectivity index (χ0) is 74.1. The lowest BCUT2D eigenvalue weighted by Crippen LogP contribution is -1.96. The second-order valence-corrected chi connectivity index (χ2v) is 27.5. The van der Waals surface area contributed by atoms with Crippen LogP contribution in [-0.2, 0) is 0 Å². The van der Waals surface area contributed by atoms with E-state index in [0.717, 1.165) is 50.9 Å². The Morgan fingerprint density at radius 1 is 0.180 bits per heavy atom. The van der Waals surface area contributed by atoms with Gasteiger partial charge in [-0.1, -0.05) is 267 Å². The Labute approximate surface area is 644 Å². The van der Waals surface area contributed by atoms with E-state index in [4.69, 9.17) is 0 Å². The normalized spacial score (nSPS) is 11.1. The van der Waals surface area contributed by atoms with Gasteiger partial charge in [0.1, 0.15) is 0 Å². The van der Waals surface area contributed by atoms with Gasteiger partial charge in [-0.05, 0) is 191 Å². The number of rotatable bonds is 13. The van der Waals surface area contributed by atoms with Crippen LogP contribution in [0.5, 0.6) is 0 Å². The van der Waals surface area contributed by atoms with Gasteiger partial charge in [0.25, 0.3) is 0 Å². The molecule has 4 heterocycles. The third kappa shape index (κ3) is 14.5. The van der Waals surface area contributed by atoms with Crippen molar-refractivity contribution in [1.29, 1.82) is 0 Å². The molecule has 17 aromatic carbocycles. The van der Waals surface area contributed by atoms with Crippen molar-refractivity contribution in [3.8, 4) is 39.3 Å². The minimum absolute atomic E-state index is 1.07. The van der Waals surface area contributed by atoms with Crippen molar-refractivity contribution in [3.05, 3.63) is 437 Å². The first kappa shape index (κ1) is 67.9. The van der Waals surface area contributed by atoms with E-state index < -0.39 is 0 Å². The molecule has 4 N–H and O–H groups in total. The van der Waals surface area contributed by atoms with Crippen LogP contribution in [0.4, 0.5) is 45.5 Å². The molecule has 0 aliphatic heterocycles. The fourth-order valence-electron chi connectivity index (χ4n) is 15.2. The summed E-state index contributed by atoms with van der Waals surface area (Å²) >= 11 is 0. The fourth-order valence-corrected chi connectivity index (χ4v) is 15.2. The van der Waals surface area contributed by atoms with Crippen LogP contribution in [0, 0.1) is 0 Å². The van der Waals surface area contributed by atoms with Crippen LogP contribution in [0.2, 0.25) is 0 Å². The zero-order valence-electron chi connectivity index (χ0n) is 60.9. The van der Waals surface area contributed by atoms with Crippen LogP contribution in [0.15, 0.2) is 437 Å². The number of nitrogens with one attached hydrogen (secondary N) is 4. The van der Waals surface area contributed by atoms with Gasteiger partial charge in [-0.25, -0.2) is 0 Å². The first-order valence-electron chi connectivity index (χ1n) is 37.6. The number of aromatic nitrogens is 4. The maximum Gasteiger partial charge on any atom is 0.0562 e. The highest BCUT2D eigenvalue weighted by Gasteiger charge is 2.18. The molecule has 0 amide bonds. The third-order valence-electron chi connectivity index (χ3n) is 20.4. The standard InChI is InChI=1S/C34H24N2.2C24H18N2.C21H16N2/c1-2-9-24(10-3-1)25-17-19-27(20-18-25)35-28-21-22-31-30-14-6-7-15-33(30)36(34(31)23-28)32-16-8-12-26-11-4-5-13-29(26)32;1-3-9-18(10-4-1)25-19-15-16-24-22(17-19)21-13-7-8-14-23(21)26(24)20-11-5-2-6-12-20;1-3-9-18(10-4-1)25-19-15-16-22-21-13-7-8-14-23(21)26(24(22)17-19)20-11-5-2-6-12-20;1-2-5-16(6-3-1)17-7-4-8-20(13-17)23-21-10-9-19-15-22-12-11-18(19)14-21/h1-23,35H;2*1-17,25H;1-15,23H. The van der Waals surface area contributed by atoms with Crippen LogP contribution in [0.1, 0.15) is 0 Å². The summed E-state index contributed by atoms with van der Waals surface area (Å²) in [6.07, 6.45) is 3.71. The molecule has 0 bridgehead atoms. The fraction of sp³-hybridized carbons (Fsp3) is 0. The van der Waals surface area contributed by atoms with E-state index in [-0.39, 0.29) is 0 Å². The summed E-state index contributed by atoms with van der Waals surface area (Å²) in [6.45, 7) is 0. The predicted octanol–water partition coefficient (Wildman–Crippen LogP) is 28.0. The molecule has 0 aliphatic rings. The Balaban J connectivity index is 0.000000105. The summed E-state index contributed by atoms with van der Waals surface area (Å²) in [6, 6.07) is 149. The smallest absolute Gasteiger partial charge is 0.0562 e. The van der Waals surface area contributed by atoms with E-state index in [9.17, 15) is 0 Å². The Morgan fingerprint density at radius 3 is 1.14 bits per heavy atom. The van der Waals surface area contributed by atoms with E-state index >= 15 is 0 Å². The van der Waals surface area contributed by atoms with Crippen molar-refractivity contribution in [2.24, 2.45) is 0 Å². The molecular weight excluding hydrogens is 1350 g/mol. The molecule has 0 saturated carbocycles. The molecule has 0 saturated heterocycles. The van der Waals surface area contributed by atoms with Crippen LogP contribution in [0.25, 0.3) is 126 Å². The Kier molecular flexibility index (Phi) is 19.1. The van der Waals surface area contributed by atoms with E-state index in [2.05, 4.69) is 410 Å². The zero-order valence-corrected chi connectivity index (χ0v) is 60.9. The number of benzene rings is 17. The van der Waals surface area contributed by atoms with Gasteiger partial charge in [0.15, 0.2) is 0 Å². The van der Waals surface area contributed by atoms with Crippen LogP contribution < -0.4 is 21.3 Å². The molecule has 0 fully saturated rings. The van der Waals surface area contributed by atoms with Crippen LogP contribution in [-0.4, -0.2) is 18.7 Å². The summed E-state index contributed by atoms with van der Waals surface area (Å²) in [5.41, 5.74) is 24.4.